The van der Waals surface area contributed by atoms with Gasteiger partial charge in [0, 0.05) is 6.54 Å². The molecule has 0 aromatic heterocycles. The van der Waals surface area contributed by atoms with Crippen LogP contribution in [0.15, 0.2) is 27.8 Å². The maximum Gasteiger partial charge on any atom is 0.253 e. The zero-order chi connectivity index (χ0) is 13.6. The number of fused-ring (bicyclic) bond motifs is 1. The third kappa shape index (κ3) is 1.74. The smallest absolute Gasteiger partial charge is 0.253 e. The Hall–Kier alpha value is -2.14. The van der Waals surface area contributed by atoms with E-state index in [9.17, 15) is 9.59 Å². The molecule has 2 aromatic rings. The molecule has 0 radical (unpaired) electrons. The SMILES string of the molecule is NCc1ccc2c(c1)C(Nc1c(N)c(=O)c1=O)CC2. The summed E-state index contributed by atoms with van der Waals surface area (Å²) in [5.41, 5.74) is 13.9. The number of nitrogens with one attached hydrogen (secondary N) is 1. The van der Waals surface area contributed by atoms with Crippen molar-refractivity contribution in [3.8, 4) is 0 Å². The number of hydrogen-bond donors (Lipinski definition) is 3. The number of anilines is 2. The summed E-state index contributed by atoms with van der Waals surface area (Å²) in [6.45, 7) is 0.488. The van der Waals surface area contributed by atoms with Crippen LogP contribution in [0.5, 0.6) is 0 Å². The van der Waals surface area contributed by atoms with E-state index in [2.05, 4.69) is 17.4 Å². The number of rotatable bonds is 3. The second-order valence-corrected chi connectivity index (χ2v) is 4.92. The first-order chi connectivity index (χ1) is 9.11. The topological polar surface area (TPSA) is 98.2 Å². The fourth-order valence-corrected chi connectivity index (χ4v) is 2.66. The van der Waals surface area contributed by atoms with Gasteiger partial charge < -0.3 is 16.8 Å². The van der Waals surface area contributed by atoms with Gasteiger partial charge in [-0.1, -0.05) is 18.2 Å². The highest BCUT2D eigenvalue weighted by Crippen LogP contribution is 2.34. The first kappa shape index (κ1) is 11.9. The lowest BCUT2D eigenvalue weighted by atomic mass is 10.0. The molecule has 5 N–H and O–H groups in total. The molecular formula is C14H15N3O2. The highest BCUT2D eigenvalue weighted by Gasteiger charge is 2.26. The van der Waals surface area contributed by atoms with Gasteiger partial charge in [0.2, 0.25) is 0 Å². The van der Waals surface area contributed by atoms with Crippen LogP contribution in [0, 0.1) is 0 Å². The molecule has 0 bridgehead atoms. The Kier molecular flexibility index (Phi) is 2.64. The van der Waals surface area contributed by atoms with Crippen molar-refractivity contribution >= 4 is 11.4 Å². The Bertz CT molecular complexity index is 714. The van der Waals surface area contributed by atoms with Crippen LogP contribution in [0.1, 0.15) is 29.2 Å². The Labute approximate surface area is 109 Å². The molecule has 1 atom stereocenters. The van der Waals surface area contributed by atoms with E-state index in [0.717, 1.165) is 24.0 Å². The lowest BCUT2D eigenvalue weighted by molar-refractivity contribution is 0.759. The van der Waals surface area contributed by atoms with E-state index < -0.39 is 10.9 Å². The maximum atomic E-state index is 11.4. The molecule has 0 heterocycles. The minimum atomic E-state index is -0.587. The lowest BCUT2D eigenvalue weighted by Gasteiger charge is -2.18. The Morgan fingerprint density at radius 3 is 2.74 bits per heavy atom. The second-order valence-electron chi connectivity index (χ2n) is 4.92. The molecule has 19 heavy (non-hydrogen) atoms. The molecule has 0 fully saturated rings. The minimum absolute atomic E-state index is 0.0344. The first-order valence-electron chi connectivity index (χ1n) is 6.29. The number of nitrogen functional groups attached to an aromatic ring is 1. The van der Waals surface area contributed by atoms with E-state index in [1.54, 1.807) is 0 Å². The number of hydrogen-bond acceptors (Lipinski definition) is 5. The molecule has 0 spiro atoms. The van der Waals surface area contributed by atoms with Crippen molar-refractivity contribution in [2.45, 2.75) is 25.4 Å². The van der Waals surface area contributed by atoms with Gasteiger partial charge in [-0.25, -0.2) is 0 Å². The van der Waals surface area contributed by atoms with Crippen molar-refractivity contribution in [3.63, 3.8) is 0 Å². The monoisotopic (exact) mass is 257 g/mol. The molecule has 5 nitrogen and oxygen atoms in total. The van der Waals surface area contributed by atoms with Crippen molar-refractivity contribution in [2.75, 3.05) is 11.1 Å². The van der Waals surface area contributed by atoms with E-state index >= 15 is 0 Å². The van der Waals surface area contributed by atoms with Gasteiger partial charge in [-0.15, -0.1) is 0 Å². The van der Waals surface area contributed by atoms with E-state index in [1.165, 1.54) is 5.56 Å². The van der Waals surface area contributed by atoms with Crippen molar-refractivity contribution in [1.82, 2.24) is 0 Å². The first-order valence-corrected chi connectivity index (χ1v) is 6.29. The van der Waals surface area contributed by atoms with Crippen molar-refractivity contribution in [1.29, 1.82) is 0 Å². The molecule has 0 saturated heterocycles. The molecule has 1 aliphatic carbocycles. The third-order valence-corrected chi connectivity index (χ3v) is 3.79. The lowest BCUT2D eigenvalue weighted by Crippen LogP contribution is -2.37. The van der Waals surface area contributed by atoms with Crippen LogP contribution in [-0.2, 0) is 13.0 Å². The third-order valence-electron chi connectivity index (χ3n) is 3.79. The van der Waals surface area contributed by atoms with Crippen LogP contribution in [0.2, 0.25) is 0 Å². The van der Waals surface area contributed by atoms with Gasteiger partial charge in [0.05, 0.1) is 6.04 Å². The molecule has 1 aliphatic rings. The summed E-state index contributed by atoms with van der Waals surface area (Å²) in [5.74, 6) is 0. The van der Waals surface area contributed by atoms with E-state index in [4.69, 9.17) is 11.5 Å². The fraction of sp³-hybridized carbons (Fsp3) is 0.286. The number of aryl methyl sites for hydroxylation is 1. The van der Waals surface area contributed by atoms with E-state index in [0.29, 0.717) is 6.54 Å². The molecule has 98 valence electrons. The highest BCUT2D eigenvalue weighted by molar-refractivity contribution is 5.72. The van der Waals surface area contributed by atoms with Crippen molar-refractivity contribution in [2.24, 2.45) is 5.73 Å². The van der Waals surface area contributed by atoms with Crippen LogP contribution in [-0.4, -0.2) is 0 Å². The predicted octanol–water partition coefficient (Wildman–Crippen LogP) is 0.423. The van der Waals surface area contributed by atoms with Crippen molar-refractivity contribution in [3.05, 3.63) is 55.3 Å². The second kappa shape index (κ2) is 4.20. The van der Waals surface area contributed by atoms with Gasteiger partial charge in [-0.2, -0.15) is 0 Å². The van der Waals surface area contributed by atoms with Crippen LogP contribution in [0.25, 0.3) is 0 Å². The van der Waals surface area contributed by atoms with Crippen LogP contribution in [0.4, 0.5) is 11.4 Å². The summed E-state index contributed by atoms with van der Waals surface area (Å²) in [5, 5.41) is 3.10. The van der Waals surface area contributed by atoms with Gasteiger partial charge in [-0.3, -0.25) is 9.59 Å². The Balaban J connectivity index is 1.91. The van der Waals surface area contributed by atoms with Gasteiger partial charge in [0.25, 0.3) is 10.9 Å². The van der Waals surface area contributed by atoms with Crippen LogP contribution < -0.4 is 27.6 Å². The summed E-state index contributed by atoms with van der Waals surface area (Å²) >= 11 is 0. The molecular weight excluding hydrogens is 242 g/mol. The fourth-order valence-electron chi connectivity index (χ4n) is 2.66. The molecule has 2 aromatic carbocycles. The number of benzene rings is 1. The molecule has 5 heteroatoms. The molecule has 0 amide bonds. The summed E-state index contributed by atoms with van der Waals surface area (Å²) in [6, 6.07) is 6.19. The average molecular weight is 257 g/mol. The largest absolute Gasteiger partial charge is 0.394 e. The van der Waals surface area contributed by atoms with Gasteiger partial charge >= 0.3 is 0 Å². The molecule has 3 rings (SSSR count). The maximum absolute atomic E-state index is 11.4. The Morgan fingerprint density at radius 2 is 2.05 bits per heavy atom. The van der Waals surface area contributed by atoms with Gasteiger partial charge in [0.1, 0.15) is 11.4 Å². The standard InChI is InChI=1S/C14H15N3O2/c15-6-7-1-2-8-3-4-10(9(8)5-7)17-12-11(16)13(18)14(12)19/h1-2,5,10,17H,3-4,6,15-16H2. The summed E-state index contributed by atoms with van der Waals surface area (Å²) in [6.07, 6.45) is 1.84. The highest BCUT2D eigenvalue weighted by atomic mass is 16.2. The minimum Gasteiger partial charge on any atom is -0.394 e. The quantitative estimate of drug-likeness (QED) is 0.692. The zero-order valence-electron chi connectivity index (χ0n) is 10.4. The summed E-state index contributed by atoms with van der Waals surface area (Å²) < 4.78 is 0. The normalized spacial score (nSPS) is 17.6. The number of nitrogens with two attached hydrogens (primary N) is 2. The van der Waals surface area contributed by atoms with E-state index in [1.807, 2.05) is 6.07 Å². The summed E-state index contributed by atoms with van der Waals surface area (Å²) in [7, 11) is 0. The molecule has 0 saturated carbocycles. The average Bonchev–Trinajstić information content (AvgIpc) is 2.85. The van der Waals surface area contributed by atoms with Crippen LogP contribution in [0.3, 0.4) is 0 Å². The summed E-state index contributed by atoms with van der Waals surface area (Å²) in [4.78, 5) is 22.5. The predicted molar refractivity (Wildman–Crippen MR) is 74.8 cm³/mol. The molecule has 0 aliphatic heterocycles. The zero-order valence-corrected chi connectivity index (χ0v) is 10.4. The van der Waals surface area contributed by atoms with Gasteiger partial charge in [-0.05, 0) is 29.5 Å². The Morgan fingerprint density at radius 1 is 1.26 bits per heavy atom. The van der Waals surface area contributed by atoms with E-state index in [-0.39, 0.29) is 17.4 Å². The van der Waals surface area contributed by atoms with Crippen molar-refractivity contribution < 1.29 is 0 Å². The van der Waals surface area contributed by atoms with Crippen LogP contribution >= 0.6 is 0 Å². The van der Waals surface area contributed by atoms with Gasteiger partial charge in [0.15, 0.2) is 0 Å². The molecule has 1 unspecified atom stereocenters.